The highest BCUT2D eigenvalue weighted by atomic mass is 35.5. The summed E-state index contributed by atoms with van der Waals surface area (Å²) in [5, 5.41) is 0.333. The van der Waals surface area contributed by atoms with Crippen molar-refractivity contribution < 1.29 is 13.2 Å². The number of nitrogen functional groups attached to an aromatic ring is 1. The molecule has 0 fully saturated rings. The zero-order chi connectivity index (χ0) is 14.6. The zero-order valence-electron chi connectivity index (χ0n) is 11.3. The highest BCUT2D eigenvalue weighted by Crippen LogP contribution is 2.24. The molecule has 19 heavy (non-hydrogen) atoms. The maximum absolute atomic E-state index is 12.3. The largest absolute Gasteiger partial charge is 0.398 e. The van der Waals surface area contributed by atoms with Crippen molar-refractivity contribution in [3.63, 3.8) is 0 Å². The van der Waals surface area contributed by atoms with Gasteiger partial charge in [-0.15, -0.1) is 0 Å². The monoisotopic (exact) mass is 306 g/mol. The van der Waals surface area contributed by atoms with E-state index in [9.17, 15) is 8.42 Å². The molecule has 0 atom stereocenters. The van der Waals surface area contributed by atoms with Crippen molar-refractivity contribution in [3.8, 4) is 0 Å². The molecule has 0 unspecified atom stereocenters. The Hall–Kier alpha value is -0.820. The van der Waals surface area contributed by atoms with E-state index in [1.807, 2.05) is 13.8 Å². The van der Waals surface area contributed by atoms with E-state index in [4.69, 9.17) is 22.1 Å². The number of nitrogens with zero attached hydrogens (tertiary/aromatic N) is 1. The van der Waals surface area contributed by atoms with E-state index < -0.39 is 10.0 Å². The Balaban J connectivity index is 2.88. The van der Waals surface area contributed by atoms with Crippen LogP contribution < -0.4 is 5.73 Å². The van der Waals surface area contributed by atoms with Crippen LogP contribution in [-0.4, -0.2) is 39.0 Å². The van der Waals surface area contributed by atoms with Crippen LogP contribution in [0.25, 0.3) is 0 Å². The molecule has 0 saturated carbocycles. The number of benzene rings is 1. The van der Waals surface area contributed by atoms with Gasteiger partial charge >= 0.3 is 0 Å². The Kier molecular flexibility index (Phi) is 5.61. The van der Waals surface area contributed by atoms with Crippen LogP contribution in [0.15, 0.2) is 23.1 Å². The van der Waals surface area contributed by atoms with Gasteiger partial charge in [0.15, 0.2) is 0 Å². The van der Waals surface area contributed by atoms with Gasteiger partial charge in [-0.1, -0.05) is 11.6 Å². The minimum atomic E-state index is -3.65. The molecule has 1 aromatic rings. The molecule has 0 saturated heterocycles. The van der Waals surface area contributed by atoms with Crippen LogP contribution in [0.2, 0.25) is 5.02 Å². The molecule has 0 aliphatic carbocycles. The van der Waals surface area contributed by atoms with Crippen molar-refractivity contribution in [1.82, 2.24) is 4.31 Å². The van der Waals surface area contributed by atoms with Gasteiger partial charge in [0.1, 0.15) is 4.90 Å². The van der Waals surface area contributed by atoms with Crippen molar-refractivity contribution in [3.05, 3.63) is 23.2 Å². The quantitative estimate of drug-likeness (QED) is 0.816. The lowest BCUT2D eigenvalue weighted by molar-refractivity contribution is 0.0737. The summed E-state index contributed by atoms with van der Waals surface area (Å²) in [7, 11) is -2.16. The maximum atomic E-state index is 12.3. The Morgan fingerprint density at radius 2 is 2.05 bits per heavy atom. The predicted octanol–water partition coefficient (Wildman–Crippen LogP) is 1.97. The second-order valence-corrected chi connectivity index (χ2v) is 6.88. The standard InChI is InChI=1S/C12H19ClN2O3S/c1-9(2)18-7-6-15(3)19(16,17)12-8-10(13)4-5-11(12)14/h4-5,8-9H,6-7,14H2,1-3H3. The summed E-state index contributed by atoms with van der Waals surface area (Å²) in [6.45, 7) is 4.37. The van der Waals surface area contributed by atoms with Crippen LogP contribution in [0.1, 0.15) is 13.8 Å². The van der Waals surface area contributed by atoms with Gasteiger partial charge < -0.3 is 10.5 Å². The Labute approximate surface area is 119 Å². The van der Waals surface area contributed by atoms with Crippen molar-refractivity contribution >= 4 is 27.3 Å². The second kappa shape index (κ2) is 6.56. The van der Waals surface area contributed by atoms with Crippen LogP contribution in [0, 0.1) is 0 Å². The summed E-state index contributed by atoms with van der Waals surface area (Å²) >= 11 is 5.81. The van der Waals surface area contributed by atoms with E-state index >= 15 is 0 Å². The van der Waals surface area contributed by atoms with Crippen LogP contribution in [-0.2, 0) is 14.8 Å². The molecule has 0 heterocycles. The zero-order valence-corrected chi connectivity index (χ0v) is 12.8. The number of hydrogen-bond donors (Lipinski definition) is 1. The Morgan fingerprint density at radius 3 is 2.63 bits per heavy atom. The molecule has 0 amide bonds. The summed E-state index contributed by atoms with van der Waals surface area (Å²) in [6.07, 6.45) is 0.0624. The number of anilines is 1. The summed E-state index contributed by atoms with van der Waals surface area (Å²) in [4.78, 5) is 0.0204. The number of likely N-dealkylation sites (N-methyl/N-ethyl adjacent to an activating group) is 1. The predicted molar refractivity (Wildman–Crippen MR) is 76.8 cm³/mol. The molecule has 0 aromatic heterocycles. The number of sulfonamides is 1. The van der Waals surface area contributed by atoms with E-state index in [1.54, 1.807) is 6.07 Å². The van der Waals surface area contributed by atoms with Gasteiger partial charge in [0, 0.05) is 18.6 Å². The number of halogens is 1. The topological polar surface area (TPSA) is 72.6 Å². The summed E-state index contributed by atoms with van der Waals surface area (Å²) in [5.74, 6) is 0. The van der Waals surface area contributed by atoms with Crippen LogP contribution in [0.3, 0.4) is 0 Å². The first-order chi connectivity index (χ1) is 8.75. The molecule has 2 N–H and O–H groups in total. The first-order valence-electron chi connectivity index (χ1n) is 5.88. The fourth-order valence-electron chi connectivity index (χ4n) is 1.44. The second-order valence-electron chi connectivity index (χ2n) is 4.43. The van der Waals surface area contributed by atoms with Crippen LogP contribution in [0.4, 0.5) is 5.69 Å². The number of hydrogen-bond acceptors (Lipinski definition) is 4. The summed E-state index contributed by atoms with van der Waals surface area (Å²) in [5.41, 5.74) is 5.88. The van der Waals surface area contributed by atoms with Gasteiger partial charge in [-0.25, -0.2) is 8.42 Å². The van der Waals surface area contributed by atoms with Crippen molar-refractivity contribution in [2.75, 3.05) is 25.9 Å². The highest BCUT2D eigenvalue weighted by Gasteiger charge is 2.23. The molecule has 1 aromatic carbocycles. The van der Waals surface area contributed by atoms with E-state index in [0.29, 0.717) is 11.6 Å². The third-order valence-corrected chi connectivity index (χ3v) is 4.67. The van der Waals surface area contributed by atoms with Crippen molar-refractivity contribution in [1.29, 1.82) is 0 Å². The molecule has 0 aliphatic rings. The van der Waals surface area contributed by atoms with Gasteiger partial charge in [-0.3, -0.25) is 0 Å². The third-order valence-electron chi connectivity index (χ3n) is 2.52. The lowest BCUT2D eigenvalue weighted by atomic mass is 10.3. The van der Waals surface area contributed by atoms with Crippen molar-refractivity contribution in [2.24, 2.45) is 0 Å². The average Bonchev–Trinajstić information content (AvgIpc) is 2.31. The smallest absolute Gasteiger partial charge is 0.244 e. The Morgan fingerprint density at radius 1 is 1.42 bits per heavy atom. The molecular weight excluding hydrogens is 288 g/mol. The fourth-order valence-corrected chi connectivity index (χ4v) is 2.97. The van der Waals surface area contributed by atoms with E-state index in [0.717, 1.165) is 0 Å². The van der Waals surface area contributed by atoms with Gasteiger partial charge in [-0.05, 0) is 32.0 Å². The van der Waals surface area contributed by atoms with Crippen molar-refractivity contribution in [2.45, 2.75) is 24.8 Å². The lowest BCUT2D eigenvalue weighted by Gasteiger charge is -2.19. The normalized spacial score (nSPS) is 12.3. The van der Waals surface area contributed by atoms with Crippen LogP contribution >= 0.6 is 11.6 Å². The highest BCUT2D eigenvalue weighted by molar-refractivity contribution is 7.89. The minimum Gasteiger partial charge on any atom is -0.398 e. The molecule has 0 aliphatic heterocycles. The molecule has 5 nitrogen and oxygen atoms in total. The summed E-state index contributed by atoms with van der Waals surface area (Å²) in [6, 6.07) is 4.39. The molecule has 0 bridgehead atoms. The number of nitrogens with two attached hydrogens (primary N) is 1. The molecule has 0 spiro atoms. The molecule has 108 valence electrons. The van der Waals surface area contributed by atoms with E-state index in [2.05, 4.69) is 0 Å². The van der Waals surface area contributed by atoms with Gasteiger partial charge in [-0.2, -0.15) is 4.31 Å². The first-order valence-corrected chi connectivity index (χ1v) is 7.70. The average molecular weight is 307 g/mol. The van der Waals surface area contributed by atoms with E-state index in [1.165, 1.54) is 23.5 Å². The summed E-state index contributed by atoms with van der Waals surface area (Å²) < 4.78 is 31.2. The Bertz CT molecular complexity index is 532. The number of rotatable bonds is 6. The molecule has 0 radical (unpaired) electrons. The van der Waals surface area contributed by atoms with Crippen LogP contribution in [0.5, 0.6) is 0 Å². The molecular formula is C12H19ClN2O3S. The minimum absolute atomic E-state index is 0.0204. The molecule has 1 rings (SSSR count). The number of ether oxygens (including phenoxy) is 1. The van der Waals surface area contributed by atoms with Gasteiger partial charge in [0.05, 0.1) is 18.4 Å². The van der Waals surface area contributed by atoms with Gasteiger partial charge in [0.2, 0.25) is 10.0 Å². The fraction of sp³-hybridized carbons (Fsp3) is 0.500. The molecule has 7 heteroatoms. The van der Waals surface area contributed by atoms with Gasteiger partial charge in [0.25, 0.3) is 0 Å². The SMILES string of the molecule is CC(C)OCCN(C)S(=O)(=O)c1cc(Cl)ccc1N. The first kappa shape index (κ1) is 16.2. The van der Waals surface area contributed by atoms with E-state index in [-0.39, 0.29) is 23.2 Å². The maximum Gasteiger partial charge on any atom is 0.244 e. The third kappa shape index (κ3) is 4.35. The lowest BCUT2D eigenvalue weighted by Crippen LogP contribution is -2.31.